The van der Waals surface area contributed by atoms with Crippen LogP contribution in [0.15, 0.2) is 12.3 Å². The van der Waals surface area contributed by atoms with Crippen molar-refractivity contribution in [3.05, 3.63) is 23.8 Å². The molecule has 1 aliphatic carbocycles. The molecule has 1 N–H and O–H groups in total. The van der Waals surface area contributed by atoms with E-state index in [1.54, 1.807) is 0 Å². The van der Waals surface area contributed by atoms with Gasteiger partial charge in [0.05, 0.1) is 11.7 Å². The van der Waals surface area contributed by atoms with Crippen molar-refractivity contribution in [2.45, 2.75) is 31.5 Å². The second kappa shape index (κ2) is 5.55. The number of rotatable bonds is 4. The minimum absolute atomic E-state index is 0.379. The molecule has 1 atom stereocenters. The molecule has 1 saturated carbocycles. The quantitative estimate of drug-likeness (QED) is 0.891. The third-order valence-electron chi connectivity index (χ3n) is 3.58. The molecule has 1 aromatic rings. The predicted octanol–water partition coefficient (Wildman–Crippen LogP) is 1.45. The van der Waals surface area contributed by atoms with E-state index in [1.807, 2.05) is 24.0 Å². The zero-order chi connectivity index (χ0) is 12.4. The van der Waals surface area contributed by atoms with Gasteiger partial charge in [0.1, 0.15) is 5.82 Å². The van der Waals surface area contributed by atoms with Crippen LogP contribution in [0.5, 0.6) is 0 Å². The molecule has 1 saturated heterocycles. The zero-order valence-electron chi connectivity index (χ0n) is 10.8. The van der Waals surface area contributed by atoms with Crippen LogP contribution in [-0.4, -0.2) is 46.0 Å². The van der Waals surface area contributed by atoms with Crippen molar-refractivity contribution in [2.75, 3.05) is 25.1 Å². The van der Waals surface area contributed by atoms with E-state index >= 15 is 0 Å². The third-order valence-corrected chi connectivity index (χ3v) is 4.60. The molecule has 1 aliphatic heterocycles. The summed E-state index contributed by atoms with van der Waals surface area (Å²) in [7, 11) is 2.17. The predicted molar refractivity (Wildman–Crippen MR) is 74.6 cm³/mol. The van der Waals surface area contributed by atoms with Gasteiger partial charge in [-0.3, -0.25) is 4.90 Å². The van der Waals surface area contributed by atoms with Gasteiger partial charge < -0.3 is 5.32 Å². The lowest BCUT2D eigenvalue weighted by Gasteiger charge is -2.30. The molecule has 5 heteroatoms. The Labute approximate surface area is 113 Å². The number of nitrogens with one attached hydrogen (secondary N) is 1. The molecule has 0 spiro atoms. The summed E-state index contributed by atoms with van der Waals surface area (Å²) < 4.78 is 0. The molecule has 3 rings (SSSR count). The van der Waals surface area contributed by atoms with E-state index in [0.717, 1.165) is 36.4 Å². The average Bonchev–Trinajstić information content (AvgIpc) is 3.21. The van der Waals surface area contributed by atoms with E-state index in [-0.39, 0.29) is 0 Å². The largest absolute Gasteiger partial charge is 0.308 e. The van der Waals surface area contributed by atoms with Gasteiger partial charge in [0, 0.05) is 36.8 Å². The van der Waals surface area contributed by atoms with Crippen molar-refractivity contribution in [3.8, 4) is 0 Å². The van der Waals surface area contributed by atoms with Crippen molar-refractivity contribution < 1.29 is 0 Å². The molecule has 0 amide bonds. The second-order valence-corrected chi connectivity index (χ2v) is 6.28. The van der Waals surface area contributed by atoms with Gasteiger partial charge in [-0.15, -0.1) is 0 Å². The molecule has 4 nitrogen and oxygen atoms in total. The highest BCUT2D eigenvalue weighted by Crippen LogP contribution is 2.25. The molecule has 1 unspecified atom stereocenters. The third kappa shape index (κ3) is 3.02. The fourth-order valence-electron chi connectivity index (χ4n) is 2.17. The minimum atomic E-state index is 0.379. The van der Waals surface area contributed by atoms with Crippen molar-refractivity contribution >= 4 is 11.8 Å². The van der Waals surface area contributed by atoms with Crippen molar-refractivity contribution in [1.29, 1.82) is 0 Å². The topological polar surface area (TPSA) is 41.1 Å². The fourth-order valence-corrected chi connectivity index (χ4v) is 3.38. The monoisotopic (exact) mass is 264 g/mol. The Morgan fingerprint density at radius 2 is 2.39 bits per heavy atom. The Balaban J connectivity index is 1.68. The Bertz CT molecular complexity index is 408. The van der Waals surface area contributed by atoms with Gasteiger partial charge in [0.15, 0.2) is 0 Å². The van der Waals surface area contributed by atoms with E-state index < -0.39 is 0 Å². The highest BCUT2D eigenvalue weighted by molar-refractivity contribution is 7.99. The Kier molecular flexibility index (Phi) is 3.82. The summed E-state index contributed by atoms with van der Waals surface area (Å²) in [6.45, 7) is 2.01. The first-order valence-electron chi connectivity index (χ1n) is 6.66. The van der Waals surface area contributed by atoms with Gasteiger partial charge in [0.25, 0.3) is 0 Å². The van der Waals surface area contributed by atoms with Crippen molar-refractivity contribution in [1.82, 2.24) is 20.2 Å². The molecule has 2 aliphatic rings. The van der Waals surface area contributed by atoms with E-state index in [1.165, 1.54) is 18.6 Å². The molecule has 2 fully saturated rings. The summed E-state index contributed by atoms with van der Waals surface area (Å²) in [6, 6.07) is 3.13. The van der Waals surface area contributed by atoms with Crippen LogP contribution in [0.1, 0.15) is 30.4 Å². The van der Waals surface area contributed by atoms with E-state index in [9.17, 15) is 0 Å². The van der Waals surface area contributed by atoms with E-state index in [4.69, 9.17) is 4.98 Å². The maximum absolute atomic E-state index is 4.72. The lowest BCUT2D eigenvalue weighted by atomic mass is 10.2. The van der Waals surface area contributed by atoms with Crippen LogP contribution in [-0.2, 0) is 6.54 Å². The maximum Gasteiger partial charge on any atom is 0.146 e. The lowest BCUT2D eigenvalue weighted by Crippen LogP contribution is -2.34. The molecule has 0 bridgehead atoms. The van der Waals surface area contributed by atoms with Crippen LogP contribution in [0.2, 0.25) is 0 Å². The Morgan fingerprint density at radius 1 is 1.50 bits per heavy atom. The average molecular weight is 264 g/mol. The molecule has 98 valence electrons. The fraction of sp³-hybridized carbons (Fsp3) is 0.692. The van der Waals surface area contributed by atoms with Crippen LogP contribution < -0.4 is 5.32 Å². The van der Waals surface area contributed by atoms with Gasteiger partial charge in [-0.2, -0.15) is 11.8 Å². The van der Waals surface area contributed by atoms with Crippen LogP contribution >= 0.6 is 11.8 Å². The zero-order valence-corrected chi connectivity index (χ0v) is 11.6. The molecule has 1 aromatic heterocycles. The van der Waals surface area contributed by atoms with Crippen LogP contribution in [0.3, 0.4) is 0 Å². The summed E-state index contributed by atoms with van der Waals surface area (Å²) in [5, 5.41) is 3.51. The number of hydrogen-bond donors (Lipinski definition) is 1. The summed E-state index contributed by atoms with van der Waals surface area (Å²) >= 11 is 2.00. The van der Waals surface area contributed by atoms with Crippen LogP contribution in [0.25, 0.3) is 0 Å². The molecular weight excluding hydrogens is 244 g/mol. The highest BCUT2D eigenvalue weighted by Gasteiger charge is 2.24. The van der Waals surface area contributed by atoms with E-state index in [0.29, 0.717) is 6.04 Å². The summed E-state index contributed by atoms with van der Waals surface area (Å²) in [4.78, 5) is 11.5. The second-order valence-electron chi connectivity index (χ2n) is 5.13. The van der Waals surface area contributed by atoms with Gasteiger partial charge in [-0.05, 0) is 26.0 Å². The summed E-state index contributed by atoms with van der Waals surface area (Å²) in [5.41, 5.74) is 1.12. The first-order valence-corrected chi connectivity index (χ1v) is 7.81. The molecule has 18 heavy (non-hydrogen) atoms. The summed E-state index contributed by atoms with van der Waals surface area (Å²) in [5.74, 6) is 3.31. The van der Waals surface area contributed by atoms with Gasteiger partial charge in [-0.1, -0.05) is 0 Å². The molecular formula is C13H20N4S. The Hall–Kier alpha value is -0.650. The molecule has 2 heterocycles. The normalized spacial score (nSPS) is 25.3. The standard InChI is InChI=1S/C13H20N4S/c1-17-6-7-18-9-12(17)13-14-5-4-11(16-13)8-15-10-2-3-10/h4-5,10,12,15H,2-3,6-9H2,1H3. The number of hydrogen-bond acceptors (Lipinski definition) is 5. The molecule has 0 radical (unpaired) electrons. The van der Waals surface area contributed by atoms with Crippen LogP contribution in [0, 0.1) is 0 Å². The number of thioether (sulfide) groups is 1. The van der Waals surface area contributed by atoms with Crippen molar-refractivity contribution in [2.24, 2.45) is 0 Å². The smallest absolute Gasteiger partial charge is 0.146 e. The molecule has 0 aromatic carbocycles. The van der Waals surface area contributed by atoms with Crippen molar-refractivity contribution in [3.63, 3.8) is 0 Å². The maximum atomic E-state index is 4.72. The number of nitrogens with zero attached hydrogens (tertiary/aromatic N) is 3. The van der Waals surface area contributed by atoms with Gasteiger partial charge in [-0.25, -0.2) is 9.97 Å². The SMILES string of the molecule is CN1CCSCC1c1nccc(CNC2CC2)n1. The Morgan fingerprint density at radius 3 is 3.17 bits per heavy atom. The first-order chi connectivity index (χ1) is 8.83. The summed E-state index contributed by atoms with van der Waals surface area (Å²) in [6.07, 6.45) is 4.54. The van der Waals surface area contributed by atoms with Crippen LogP contribution in [0.4, 0.5) is 0 Å². The minimum Gasteiger partial charge on any atom is -0.308 e. The first kappa shape index (κ1) is 12.4. The van der Waals surface area contributed by atoms with E-state index in [2.05, 4.69) is 22.2 Å². The highest BCUT2D eigenvalue weighted by atomic mass is 32.2. The van der Waals surface area contributed by atoms with Gasteiger partial charge >= 0.3 is 0 Å². The lowest BCUT2D eigenvalue weighted by molar-refractivity contribution is 0.264. The van der Waals surface area contributed by atoms with Gasteiger partial charge in [0.2, 0.25) is 0 Å². The number of aromatic nitrogens is 2.